The summed E-state index contributed by atoms with van der Waals surface area (Å²) in [7, 11) is -0.674. The van der Waals surface area contributed by atoms with Crippen LogP contribution in [0.4, 0.5) is 0 Å². The van der Waals surface area contributed by atoms with Crippen LogP contribution in [0.1, 0.15) is 18.2 Å². The number of hydrogen-bond acceptors (Lipinski definition) is 3. The Balaban J connectivity index is 2.16. The monoisotopic (exact) mass is 215 g/mol. The zero-order chi connectivity index (χ0) is 10.4. The Kier molecular flexibility index (Phi) is 4.90. The van der Waals surface area contributed by atoms with Crippen LogP contribution in [0.3, 0.4) is 0 Å². The molecule has 1 aromatic heterocycles. The Labute approximate surface area is 87.3 Å². The third-order valence-corrected chi connectivity index (χ3v) is 3.39. The molecule has 14 heavy (non-hydrogen) atoms. The van der Waals surface area contributed by atoms with Crippen LogP contribution in [0, 0.1) is 6.92 Å². The van der Waals surface area contributed by atoms with Crippen molar-refractivity contribution in [2.24, 2.45) is 0 Å². The Morgan fingerprint density at radius 1 is 1.57 bits per heavy atom. The molecule has 0 aromatic carbocycles. The molecule has 80 valence electrons. The van der Waals surface area contributed by atoms with E-state index >= 15 is 0 Å². The standard InChI is InChI=1S/C10H17NO2S/c1-3-14(12)7-5-11-8-10-9(2)4-6-13-10/h4,6,11H,3,5,7-8H2,1-2H3. The summed E-state index contributed by atoms with van der Waals surface area (Å²) in [6.07, 6.45) is 1.69. The first-order chi connectivity index (χ1) is 6.74. The molecule has 0 aliphatic heterocycles. The molecule has 0 spiro atoms. The lowest BCUT2D eigenvalue weighted by molar-refractivity contribution is 0.485. The van der Waals surface area contributed by atoms with Crippen molar-refractivity contribution >= 4 is 10.8 Å². The molecule has 0 fully saturated rings. The predicted molar refractivity (Wildman–Crippen MR) is 58.7 cm³/mol. The van der Waals surface area contributed by atoms with E-state index in [4.69, 9.17) is 4.42 Å². The van der Waals surface area contributed by atoms with Crippen LogP contribution in [-0.4, -0.2) is 22.3 Å². The molecular formula is C10H17NO2S. The normalized spacial score (nSPS) is 13.0. The fourth-order valence-corrected chi connectivity index (χ4v) is 1.78. The highest BCUT2D eigenvalue weighted by Crippen LogP contribution is 2.07. The molecular weight excluding hydrogens is 198 g/mol. The molecule has 0 aliphatic rings. The SMILES string of the molecule is CCS(=O)CCNCc1occc1C. The Morgan fingerprint density at radius 2 is 2.36 bits per heavy atom. The summed E-state index contributed by atoms with van der Waals surface area (Å²) < 4.78 is 16.3. The summed E-state index contributed by atoms with van der Waals surface area (Å²) in [6.45, 7) is 5.46. The maximum Gasteiger partial charge on any atom is 0.120 e. The van der Waals surface area contributed by atoms with E-state index in [-0.39, 0.29) is 0 Å². The molecule has 1 N–H and O–H groups in total. The van der Waals surface area contributed by atoms with Crippen LogP contribution in [0.15, 0.2) is 16.7 Å². The number of nitrogens with one attached hydrogen (secondary N) is 1. The lowest BCUT2D eigenvalue weighted by Gasteiger charge is -2.02. The van der Waals surface area contributed by atoms with Crippen LogP contribution in [0.25, 0.3) is 0 Å². The van der Waals surface area contributed by atoms with Crippen LogP contribution < -0.4 is 5.32 Å². The van der Waals surface area contributed by atoms with E-state index in [1.165, 1.54) is 0 Å². The number of furan rings is 1. The van der Waals surface area contributed by atoms with Gasteiger partial charge in [0.1, 0.15) is 5.76 Å². The molecule has 1 heterocycles. The van der Waals surface area contributed by atoms with Gasteiger partial charge in [0.15, 0.2) is 0 Å². The summed E-state index contributed by atoms with van der Waals surface area (Å²) in [6, 6.07) is 1.95. The van der Waals surface area contributed by atoms with Crippen molar-refractivity contribution in [1.82, 2.24) is 5.32 Å². The average molecular weight is 215 g/mol. The second kappa shape index (κ2) is 5.98. The summed E-state index contributed by atoms with van der Waals surface area (Å²) >= 11 is 0. The van der Waals surface area contributed by atoms with Crippen molar-refractivity contribution in [3.8, 4) is 0 Å². The first-order valence-electron chi connectivity index (χ1n) is 4.82. The van der Waals surface area contributed by atoms with E-state index in [9.17, 15) is 4.21 Å². The van der Waals surface area contributed by atoms with Crippen LogP contribution in [-0.2, 0) is 17.3 Å². The molecule has 1 rings (SSSR count). The van der Waals surface area contributed by atoms with Gasteiger partial charge in [-0.25, -0.2) is 0 Å². The maximum atomic E-state index is 11.1. The van der Waals surface area contributed by atoms with Crippen molar-refractivity contribution < 1.29 is 8.63 Å². The second-order valence-electron chi connectivity index (χ2n) is 3.14. The topological polar surface area (TPSA) is 42.2 Å². The molecule has 0 saturated heterocycles. The number of hydrogen-bond donors (Lipinski definition) is 1. The van der Waals surface area contributed by atoms with Crippen molar-refractivity contribution in [3.05, 3.63) is 23.7 Å². The van der Waals surface area contributed by atoms with Gasteiger partial charge in [0.05, 0.1) is 12.8 Å². The van der Waals surface area contributed by atoms with Gasteiger partial charge >= 0.3 is 0 Å². The Bertz CT molecular complexity index is 296. The van der Waals surface area contributed by atoms with Crippen LogP contribution >= 0.6 is 0 Å². The molecule has 4 heteroatoms. The Hall–Kier alpha value is -0.610. The minimum Gasteiger partial charge on any atom is -0.468 e. The molecule has 0 saturated carbocycles. The van der Waals surface area contributed by atoms with Gasteiger partial charge in [0.25, 0.3) is 0 Å². The Morgan fingerprint density at radius 3 is 2.93 bits per heavy atom. The largest absolute Gasteiger partial charge is 0.468 e. The molecule has 3 nitrogen and oxygen atoms in total. The first kappa shape index (κ1) is 11.5. The van der Waals surface area contributed by atoms with Crippen LogP contribution in [0.2, 0.25) is 0 Å². The van der Waals surface area contributed by atoms with Gasteiger partial charge in [0, 0.05) is 28.9 Å². The number of rotatable bonds is 6. The molecule has 0 amide bonds. The highest BCUT2D eigenvalue weighted by molar-refractivity contribution is 7.84. The van der Waals surface area contributed by atoms with E-state index in [2.05, 4.69) is 5.32 Å². The first-order valence-corrected chi connectivity index (χ1v) is 6.31. The predicted octanol–water partition coefficient (Wildman–Crippen LogP) is 1.45. The highest BCUT2D eigenvalue weighted by Gasteiger charge is 2.01. The smallest absolute Gasteiger partial charge is 0.120 e. The van der Waals surface area contributed by atoms with E-state index in [0.29, 0.717) is 0 Å². The van der Waals surface area contributed by atoms with Gasteiger partial charge in [-0.1, -0.05) is 6.92 Å². The highest BCUT2D eigenvalue weighted by atomic mass is 32.2. The van der Waals surface area contributed by atoms with Gasteiger partial charge in [0.2, 0.25) is 0 Å². The molecule has 1 aromatic rings. The van der Waals surface area contributed by atoms with E-state index in [0.717, 1.165) is 35.9 Å². The molecule has 1 atom stereocenters. The maximum absolute atomic E-state index is 11.1. The zero-order valence-corrected chi connectivity index (χ0v) is 9.52. The fraction of sp³-hybridized carbons (Fsp3) is 0.600. The van der Waals surface area contributed by atoms with Gasteiger partial charge in [-0.2, -0.15) is 0 Å². The van der Waals surface area contributed by atoms with E-state index in [1.54, 1.807) is 6.26 Å². The molecule has 0 radical (unpaired) electrons. The summed E-state index contributed by atoms with van der Waals surface area (Å²) in [5, 5.41) is 3.21. The lowest BCUT2D eigenvalue weighted by Crippen LogP contribution is -2.20. The third-order valence-electron chi connectivity index (χ3n) is 2.08. The summed E-state index contributed by atoms with van der Waals surface area (Å²) in [5.74, 6) is 2.42. The molecule has 0 aliphatic carbocycles. The minimum atomic E-state index is -0.674. The molecule has 0 bridgehead atoms. The second-order valence-corrected chi connectivity index (χ2v) is 5.00. The summed E-state index contributed by atoms with van der Waals surface area (Å²) in [4.78, 5) is 0. The van der Waals surface area contributed by atoms with Crippen molar-refractivity contribution in [2.45, 2.75) is 20.4 Å². The fourth-order valence-electron chi connectivity index (χ4n) is 1.12. The zero-order valence-electron chi connectivity index (χ0n) is 8.71. The van der Waals surface area contributed by atoms with Crippen molar-refractivity contribution in [2.75, 3.05) is 18.1 Å². The van der Waals surface area contributed by atoms with Crippen molar-refractivity contribution in [3.63, 3.8) is 0 Å². The quantitative estimate of drug-likeness (QED) is 0.730. The lowest BCUT2D eigenvalue weighted by atomic mass is 10.3. The van der Waals surface area contributed by atoms with Gasteiger partial charge < -0.3 is 9.73 Å². The molecule has 1 unspecified atom stereocenters. The average Bonchev–Trinajstić information content (AvgIpc) is 2.58. The van der Waals surface area contributed by atoms with Crippen LogP contribution in [0.5, 0.6) is 0 Å². The third kappa shape index (κ3) is 3.64. The van der Waals surface area contributed by atoms with E-state index in [1.807, 2.05) is 19.9 Å². The number of aryl methyl sites for hydroxylation is 1. The van der Waals surface area contributed by atoms with Crippen molar-refractivity contribution in [1.29, 1.82) is 0 Å². The minimum absolute atomic E-state index is 0.674. The van der Waals surface area contributed by atoms with Gasteiger partial charge in [-0.3, -0.25) is 4.21 Å². The summed E-state index contributed by atoms with van der Waals surface area (Å²) in [5.41, 5.74) is 1.16. The van der Waals surface area contributed by atoms with Gasteiger partial charge in [-0.15, -0.1) is 0 Å². The van der Waals surface area contributed by atoms with Gasteiger partial charge in [-0.05, 0) is 18.6 Å². The van der Waals surface area contributed by atoms with E-state index < -0.39 is 10.8 Å².